The molecule has 0 fully saturated rings. The topological polar surface area (TPSA) is 47.9 Å². The van der Waals surface area contributed by atoms with Crippen molar-refractivity contribution in [3.8, 4) is 44.6 Å². The normalized spacial score (nSPS) is 10.8. The van der Waals surface area contributed by atoms with E-state index in [0.717, 1.165) is 48.4 Å². The Morgan fingerprint density at radius 2 is 1.43 bits per heavy atom. The minimum absolute atomic E-state index is 0.00381. The van der Waals surface area contributed by atoms with Gasteiger partial charge in [-0.2, -0.15) is 0 Å². The highest BCUT2D eigenvalue weighted by atomic mass is 32.2. The molecular formula is C31H26O4S2. The Morgan fingerprint density at radius 3 is 2.19 bits per heavy atom. The van der Waals surface area contributed by atoms with E-state index >= 15 is 0 Å². The first-order chi connectivity index (χ1) is 18.2. The smallest absolute Gasteiger partial charge is 0.161 e. The molecule has 186 valence electrons. The van der Waals surface area contributed by atoms with Crippen LogP contribution in [0, 0.1) is 0 Å². The molecule has 0 atom stereocenters. The van der Waals surface area contributed by atoms with Gasteiger partial charge in [0, 0.05) is 26.3 Å². The number of thiophene rings is 1. The molecule has 4 nitrogen and oxygen atoms in total. The summed E-state index contributed by atoms with van der Waals surface area (Å²) >= 11 is 3.29. The summed E-state index contributed by atoms with van der Waals surface area (Å²) in [5.74, 6) is 2.89. The van der Waals surface area contributed by atoms with Gasteiger partial charge < -0.3 is 19.3 Å². The summed E-state index contributed by atoms with van der Waals surface area (Å²) in [7, 11) is 3.27. The number of benzene rings is 4. The van der Waals surface area contributed by atoms with E-state index in [1.807, 2.05) is 84.9 Å². The SMILES string of the molecule is COc1ccc(-c2csc(-c3ccccc3Sc3ccccc3CO)c2Oc2ccccc2)cc1OC. The van der Waals surface area contributed by atoms with Crippen LogP contribution in [0.3, 0.4) is 0 Å². The van der Waals surface area contributed by atoms with Crippen LogP contribution in [0.15, 0.2) is 112 Å². The fraction of sp³-hybridized carbons (Fsp3) is 0.0968. The number of methoxy groups -OCH3 is 2. The standard InChI is InChI=1S/C31H26O4S2/c1-33-26-17-16-21(18-27(26)34-2)25-20-36-31(30(25)35-23-11-4-3-5-12-23)24-13-7-9-15-29(24)37-28-14-8-6-10-22(28)19-32/h3-18,20,32H,19H2,1-2H3. The van der Waals surface area contributed by atoms with E-state index < -0.39 is 0 Å². The summed E-state index contributed by atoms with van der Waals surface area (Å²) in [5, 5.41) is 12.0. The Kier molecular flexibility index (Phi) is 7.80. The highest BCUT2D eigenvalue weighted by Crippen LogP contribution is 2.50. The van der Waals surface area contributed by atoms with Crippen molar-refractivity contribution in [2.75, 3.05) is 14.2 Å². The zero-order valence-corrected chi connectivity index (χ0v) is 22.1. The lowest BCUT2D eigenvalue weighted by molar-refractivity contribution is 0.279. The number of para-hydroxylation sites is 1. The van der Waals surface area contributed by atoms with Gasteiger partial charge in [-0.1, -0.05) is 72.4 Å². The van der Waals surface area contributed by atoms with Crippen LogP contribution in [0.4, 0.5) is 0 Å². The highest BCUT2D eigenvalue weighted by molar-refractivity contribution is 7.99. The molecule has 0 saturated carbocycles. The van der Waals surface area contributed by atoms with Crippen LogP contribution in [0.1, 0.15) is 5.56 Å². The van der Waals surface area contributed by atoms with Crippen LogP contribution >= 0.6 is 23.1 Å². The molecule has 6 heteroatoms. The largest absolute Gasteiger partial charge is 0.493 e. The molecule has 37 heavy (non-hydrogen) atoms. The van der Waals surface area contributed by atoms with E-state index in [9.17, 15) is 5.11 Å². The third kappa shape index (κ3) is 5.37. The minimum atomic E-state index is -0.00381. The molecule has 0 saturated heterocycles. The van der Waals surface area contributed by atoms with Gasteiger partial charge in [0.15, 0.2) is 17.2 Å². The molecule has 0 bridgehead atoms. The van der Waals surface area contributed by atoms with Crippen LogP contribution in [0.2, 0.25) is 0 Å². The number of ether oxygens (including phenoxy) is 3. The van der Waals surface area contributed by atoms with Gasteiger partial charge in [-0.25, -0.2) is 0 Å². The van der Waals surface area contributed by atoms with Crippen molar-refractivity contribution in [1.29, 1.82) is 0 Å². The summed E-state index contributed by atoms with van der Waals surface area (Å²) < 4.78 is 17.6. The monoisotopic (exact) mass is 526 g/mol. The van der Waals surface area contributed by atoms with Gasteiger partial charge in [-0.05, 0) is 47.5 Å². The molecule has 0 aliphatic heterocycles. The molecule has 0 aliphatic carbocycles. The number of aliphatic hydroxyl groups excluding tert-OH is 1. The molecular weight excluding hydrogens is 500 g/mol. The molecule has 1 heterocycles. The number of hydrogen-bond donors (Lipinski definition) is 1. The summed E-state index contributed by atoms with van der Waals surface area (Å²) in [6, 6.07) is 32.0. The number of rotatable bonds is 9. The van der Waals surface area contributed by atoms with Crippen LogP contribution in [-0.4, -0.2) is 19.3 Å². The van der Waals surface area contributed by atoms with Crippen molar-refractivity contribution in [3.63, 3.8) is 0 Å². The Bertz CT molecular complexity index is 1490. The van der Waals surface area contributed by atoms with E-state index in [1.54, 1.807) is 37.3 Å². The van der Waals surface area contributed by atoms with Gasteiger partial charge in [-0.15, -0.1) is 11.3 Å². The first-order valence-electron chi connectivity index (χ1n) is 11.7. The van der Waals surface area contributed by atoms with Crippen molar-refractivity contribution >= 4 is 23.1 Å². The van der Waals surface area contributed by atoms with Gasteiger partial charge >= 0.3 is 0 Å². The number of aliphatic hydroxyl groups is 1. The maximum atomic E-state index is 9.85. The average molecular weight is 527 g/mol. The van der Waals surface area contributed by atoms with Crippen LogP contribution < -0.4 is 14.2 Å². The fourth-order valence-electron chi connectivity index (χ4n) is 4.04. The maximum Gasteiger partial charge on any atom is 0.161 e. The van der Waals surface area contributed by atoms with Gasteiger partial charge in [0.2, 0.25) is 0 Å². The first-order valence-corrected chi connectivity index (χ1v) is 13.4. The molecule has 4 aromatic carbocycles. The lowest BCUT2D eigenvalue weighted by Gasteiger charge is -2.14. The Hall–Kier alpha value is -3.71. The molecule has 0 spiro atoms. The van der Waals surface area contributed by atoms with Gasteiger partial charge in [0.1, 0.15) is 5.75 Å². The Morgan fingerprint density at radius 1 is 0.730 bits per heavy atom. The predicted molar refractivity (Wildman–Crippen MR) is 151 cm³/mol. The van der Waals surface area contributed by atoms with E-state index in [2.05, 4.69) is 17.5 Å². The molecule has 0 aliphatic rings. The molecule has 1 aromatic heterocycles. The summed E-state index contributed by atoms with van der Waals surface area (Å²) in [6.45, 7) is -0.00381. The molecule has 5 rings (SSSR count). The zero-order valence-electron chi connectivity index (χ0n) is 20.5. The maximum absolute atomic E-state index is 9.85. The third-order valence-corrected chi connectivity index (χ3v) is 8.09. The minimum Gasteiger partial charge on any atom is -0.493 e. The van der Waals surface area contributed by atoms with Crippen molar-refractivity contribution < 1.29 is 19.3 Å². The third-order valence-electron chi connectivity index (χ3n) is 5.90. The van der Waals surface area contributed by atoms with Crippen molar-refractivity contribution in [2.24, 2.45) is 0 Å². The predicted octanol–water partition coefficient (Wildman–Crippen LogP) is 8.54. The first kappa shape index (κ1) is 25.0. The quantitative estimate of drug-likeness (QED) is 0.209. The Labute approximate surface area is 225 Å². The van der Waals surface area contributed by atoms with E-state index in [-0.39, 0.29) is 6.61 Å². The molecule has 5 aromatic rings. The average Bonchev–Trinajstić information content (AvgIpc) is 3.36. The second-order valence-corrected chi connectivity index (χ2v) is 10.1. The number of hydrogen-bond acceptors (Lipinski definition) is 6. The molecule has 1 N–H and O–H groups in total. The molecule has 0 unspecified atom stereocenters. The second kappa shape index (κ2) is 11.6. The van der Waals surface area contributed by atoms with Crippen LogP contribution in [0.5, 0.6) is 23.0 Å². The van der Waals surface area contributed by atoms with Crippen molar-refractivity contribution in [1.82, 2.24) is 0 Å². The van der Waals surface area contributed by atoms with E-state index in [0.29, 0.717) is 11.5 Å². The van der Waals surface area contributed by atoms with Crippen LogP contribution in [0.25, 0.3) is 21.6 Å². The summed E-state index contributed by atoms with van der Waals surface area (Å²) in [6.07, 6.45) is 0. The zero-order chi connectivity index (χ0) is 25.6. The Balaban J connectivity index is 1.64. The van der Waals surface area contributed by atoms with Crippen LogP contribution in [-0.2, 0) is 6.61 Å². The lowest BCUT2D eigenvalue weighted by atomic mass is 10.0. The fourth-order valence-corrected chi connectivity index (χ4v) is 6.22. The van der Waals surface area contributed by atoms with Gasteiger partial charge in [0.25, 0.3) is 0 Å². The van der Waals surface area contributed by atoms with Crippen molar-refractivity contribution in [2.45, 2.75) is 16.4 Å². The second-order valence-electron chi connectivity index (χ2n) is 8.16. The van der Waals surface area contributed by atoms with Crippen molar-refractivity contribution in [3.05, 3.63) is 108 Å². The van der Waals surface area contributed by atoms with E-state index in [4.69, 9.17) is 14.2 Å². The summed E-state index contributed by atoms with van der Waals surface area (Å²) in [5.41, 5.74) is 3.92. The molecule has 0 amide bonds. The highest BCUT2D eigenvalue weighted by Gasteiger charge is 2.21. The van der Waals surface area contributed by atoms with Gasteiger partial charge in [-0.3, -0.25) is 0 Å². The summed E-state index contributed by atoms with van der Waals surface area (Å²) in [4.78, 5) is 3.14. The van der Waals surface area contributed by atoms with Gasteiger partial charge in [0.05, 0.1) is 25.7 Å². The molecule has 0 radical (unpaired) electrons. The van der Waals surface area contributed by atoms with E-state index in [1.165, 1.54) is 0 Å². The lowest BCUT2D eigenvalue weighted by Crippen LogP contribution is -1.92.